The van der Waals surface area contributed by atoms with Crippen molar-refractivity contribution in [1.82, 2.24) is 10.6 Å². The van der Waals surface area contributed by atoms with Gasteiger partial charge in [-0.2, -0.15) is 0 Å². The summed E-state index contributed by atoms with van der Waals surface area (Å²) in [6.45, 7) is 3.35. The third kappa shape index (κ3) is 1.48. The van der Waals surface area contributed by atoms with E-state index in [1.54, 1.807) is 11.8 Å². The summed E-state index contributed by atoms with van der Waals surface area (Å²) in [6, 6.07) is -0.571. The monoisotopic (exact) mass is 141 g/mol. The lowest BCUT2D eigenvalue weighted by molar-refractivity contribution is -0.131. The molecule has 0 spiro atoms. The van der Waals surface area contributed by atoms with E-state index in [1.165, 1.54) is 0 Å². The Labute approximate surface area is 61.2 Å². The maximum atomic E-state index is 11.1. The quantitative estimate of drug-likeness (QED) is 0.517. The van der Waals surface area contributed by atoms with E-state index in [0.29, 0.717) is 0 Å². The Bertz CT molecular complexity index is 128. The van der Waals surface area contributed by atoms with Gasteiger partial charge in [0.25, 0.3) is 0 Å². The fourth-order valence-electron chi connectivity index (χ4n) is 1.21. The first kappa shape index (κ1) is 7.54. The maximum Gasteiger partial charge on any atom is 0.240 e. The minimum absolute atomic E-state index is 0.0162. The van der Waals surface area contributed by atoms with Crippen molar-refractivity contribution in [3.8, 4) is 0 Å². The molecule has 1 aliphatic rings. The van der Waals surface area contributed by atoms with Crippen LogP contribution in [-0.2, 0) is 4.79 Å². The molecule has 3 nitrogen and oxygen atoms in total. The molecule has 57 valence electrons. The van der Waals surface area contributed by atoms with Gasteiger partial charge in [0.1, 0.15) is 0 Å². The largest absolute Gasteiger partial charge is 0.341 e. The van der Waals surface area contributed by atoms with E-state index in [1.807, 2.05) is 0 Å². The normalized spacial score (nSPS) is 21.2. The predicted octanol–water partition coefficient (Wildman–Crippen LogP) is 0.280. The minimum atomic E-state index is -0.571. The third-order valence-corrected chi connectivity index (χ3v) is 1.79. The Kier molecular flexibility index (Phi) is 2.27. The van der Waals surface area contributed by atoms with Gasteiger partial charge in [-0.25, -0.2) is 5.73 Å². The van der Waals surface area contributed by atoms with Gasteiger partial charge in [-0.1, -0.05) is 0 Å². The number of nitrogens with one attached hydrogen (secondary N) is 1. The average Bonchev–Trinajstić information content (AvgIpc) is 2.36. The molecule has 0 aromatic carbocycles. The second-order valence-corrected chi connectivity index (χ2v) is 2.75. The molecule has 1 rings (SSSR count). The lowest BCUT2D eigenvalue weighted by Gasteiger charge is -2.16. The molecule has 0 aromatic rings. The van der Waals surface area contributed by atoms with Crippen LogP contribution in [0, 0.1) is 0 Å². The average molecular weight is 141 g/mol. The highest BCUT2D eigenvalue weighted by molar-refractivity contribution is 5.81. The fraction of sp³-hybridized carbons (Fsp3) is 0.857. The van der Waals surface area contributed by atoms with Gasteiger partial charge >= 0.3 is 0 Å². The van der Waals surface area contributed by atoms with Crippen LogP contribution in [0.3, 0.4) is 0 Å². The van der Waals surface area contributed by atoms with E-state index < -0.39 is 6.04 Å². The third-order valence-electron chi connectivity index (χ3n) is 1.79. The van der Waals surface area contributed by atoms with Crippen molar-refractivity contribution in [2.75, 3.05) is 13.1 Å². The lowest BCUT2D eigenvalue weighted by atomic mass is 10.3. The van der Waals surface area contributed by atoms with Crippen molar-refractivity contribution in [3.05, 3.63) is 0 Å². The van der Waals surface area contributed by atoms with Gasteiger partial charge < -0.3 is 4.90 Å². The number of carbonyl (C=O) groups is 1. The smallest absolute Gasteiger partial charge is 0.240 e. The van der Waals surface area contributed by atoms with Gasteiger partial charge in [0.15, 0.2) is 0 Å². The number of likely N-dealkylation sites (tertiary alicyclic amines) is 1. The molecule has 3 heteroatoms. The summed E-state index contributed by atoms with van der Waals surface area (Å²) in [4.78, 5) is 12.9. The molecule has 0 aliphatic carbocycles. The van der Waals surface area contributed by atoms with Crippen LogP contribution in [0.4, 0.5) is 0 Å². The molecular formula is C7H13N2O. The molecule has 10 heavy (non-hydrogen) atoms. The van der Waals surface area contributed by atoms with Crippen LogP contribution in [0.5, 0.6) is 0 Å². The second-order valence-electron chi connectivity index (χ2n) is 2.75. The zero-order valence-corrected chi connectivity index (χ0v) is 6.26. The fourth-order valence-corrected chi connectivity index (χ4v) is 1.21. The Hall–Kier alpha value is -0.570. The van der Waals surface area contributed by atoms with Crippen LogP contribution in [-0.4, -0.2) is 29.9 Å². The van der Waals surface area contributed by atoms with Crippen molar-refractivity contribution in [3.63, 3.8) is 0 Å². The van der Waals surface area contributed by atoms with Crippen molar-refractivity contribution < 1.29 is 4.79 Å². The molecule has 0 saturated carbocycles. The Morgan fingerprint density at radius 1 is 1.50 bits per heavy atom. The molecule has 1 heterocycles. The summed E-state index contributed by atoms with van der Waals surface area (Å²) in [7, 11) is 0. The lowest BCUT2D eigenvalue weighted by Crippen LogP contribution is -2.36. The summed E-state index contributed by atoms with van der Waals surface area (Å²) < 4.78 is 0. The molecule has 1 radical (unpaired) electrons. The highest BCUT2D eigenvalue weighted by atomic mass is 16.2. The van der Waals surface area contributed by atoms with Gasteiger partial charge in [0, 0.05) is 13.1 Å². The van der Waals surface area contributed by atoms with Gasteiger partial charge in [-0.3, -0.25) is 4.79 Å². The topological polar surface area (TPSA) is 44.1 Å². The highest BCUT2D eigenvalue weighted by Gasteiger charge is 2.20. The van der Waals surface area contributed by atoms with Gasteiger partial charge in [-0.05, 0) is 19.8 Å². The van der Waals surface area contributed by atoms with Crippen LogP contribution in [0.2, 0.25) is 0 Å². The summed E-state index contributed by atoms with van der Waals surface area (Å²) in [5, 5.41) is 0. The van der Waals surface area contributed by atoms with Crippen molar-refractivity contribution >= 4 is 5.91 Å². The molecule has 1 amide bonds. The molecule has 1 atom stereocenters. The van der Waals surface area contributed by atoms with E-state index in [9.17, 15) is 4.79 Å². The molecule has 1 fully saturated rings. The maximum absolute atomic E-state index is 11.1. The highest BCUT2D eigenvalue weighted by Crippen LogP contribution is 2.08. The van der Waals surface area contributed by atoms with Crippen LogP contribution in [0.25, 0.3) is 0 Å². The first-order valence-corrected chi connectivity index (χ1v) is 3.71. The molecule has 1 saturated heterocycles. The van der Waals surface area contributed by atoms with E-state index in [0.717, 1.165) is 25.9 Å². The van der Waals surface area contributed by atoms with Gasteiger partial charge in [-0.15, -0.1) is 0 Å². The standard InChI is InChI=1S/C7H13N2O/c1-6(8)7(10)9-4-2-3-5-9/h6,8H,2-5H2,1H3. The number of rotatable bonds is 1. The van der Waals surface area contributed by atoms with Crippen LogP contribution < -0.4 is 5.73 Å². The van der Waals surface area contributed by atoms with Gasteiger partial charge in [0.2, 0.25) is 5.91 Å². The van der Waals surface area contributed by atoms with Crippen molar-refractivity contribution in [2.45, 2.75) is 25.8 Å². The number of hydrogen-bond acceptors (Lipinski definition) is 1. The molecule has 0 bridgehead atoms. The van der Waals surface area contributed by atoms with E-state index in [4.69, 9.17) is 5.73 Å². The zero-order chi connectivity index (χ0) is 7.56. The number of carbonyl (C=O) groups excluding carboxylic acids is 1. The number of amides is 1. The van der Waals surface area contributed by atoms with Crippen LogP contribution in [0.15, 0.2) is 0 Å². The molecule has 1 aliphatic heterocycles. The second kappa shape index (κ2) is 3.01. The Morgan fingerprint density at radius 2 is 2.00 bits per heavy atom. The SMILES string of the molecule is CC([NH])C(=O)N1CCCC1. The molecule has 1 unspecified atom stereocenters. The molecule has 1 N–H and O–H groups in total. The van der Waals surface area contributed by atoms with Crippen LogP contribution >= 0.6 is 0 Å². The van der Waals surface area contributed by atoms with E-state index >= 15 is 0 Å². The van der Waals surface area contributed by atoms with Crippen molar-refractivity contribution in [1.29, 1.82) is 0 Å². The first-order valence-electron chi connectivity index (χ1n) is 3.71. The van der Waals surface area contributed by atoms with Crippen molar-refractivity contribution in [2.24, 2.45) is 0 Å². The summed E-state index contributed by atoms with van der Waals surface area (Å²) in [5.41, 5.74) is 7.16. The minimum Gasteiger partial charge on any atom is -0.341 e. The zero-order valence-electron chi connectivity index (χ0n) is 6.26. The van der Waals surface area contributed by atoms with E-state index in [-0.39, 0.29) is 5.91 Å². The van der Waals surface area contributed by atoms with Gasteiger partial charge in [0.05, 0.1) is 6.04 Å². The Balaban J connectivity index is 2.40. The molecule has 0 aromatic heterocycles. The summed E-state index contributed by atoms with van der Waals surface area (Å²) in [5.74, 6) is -0.0162. The molecular weight excluding hydrogens is 128 g/mol. The predicted molar refractivity (Wildman–Crippen MR) is 38.4 cm³/mol. The first-order chi connectivity index (χ1) is 4.72. The number of nitrogens with zero attached hydrogens (tertiary/aromatic N) is 1. The number of hydrogen-bond donors (Lipinski definition) is 0. The Morgan fingerprint density at radius 3 is 2.40 bits per heavy atom. The van der Waals surface area contributed by atoms with E-state index in [2.05, 4.69) is 0 Å². The van der Waals surface area contributed by atoms with Crippen LogP contribution in [0.1, 0.15) is 19.8 Å². The summed E-state index contributed by atoms with van der Waals surface area (Å²) in [6.07, 6.45) is 2.22. The summed E-state index contributed by atoms with van der Waals surface area (Å²) >= 11 is 0.